The van der Waals surface area contributed by atoms with Crippen molar-refractivity contribution in [3.05, 3.63) is 12.2 Å². The monoisotopic (exact) mass is 330 g/mol. The van der Waals surface area contributed by atoms with Gasteiger partial charge in [0.1, 0.15) is 26.4 Å². The van der Waals surface area contributed by atoms with Crippen LogP contribution in [0.2, 0.25) is 0 Å². The first kappa shape index (κ1) is 20.3. The molecule has 0 amide bonds. The zero-order chi connectivity index (χ0) is 17.7. The van der Waals surface area contributed by atoms with E-state index in [0.29, 0.717) is 0 Å². The Kier molecular flexibility index (Phi) is 10.5. The second-order valence-corrected chi connectivity index (χ2v) is 4.16. The summed E-state index contributed by atoms with van der Waals surface area (Å²) in [4.78, 5) is 54.7. The molecule has 0 heterocycles. The van der Waals surface area contributed by atoms with Gasteiger partial charge >= 0.3 is 17.9 Å². The number of hydrogen-bond acceptors (Lipinski definition) is 9. The van der Waals surface area contributed by atoms with Gasteiger partial charge in [-0.25, -0.2) is 9.59 Å². The molecule has 0 radical (unpaired) electrons. The van der Waals surface area contributed by atoms with Gasteiger partial charge in [-0.3, -0.25) is 14.4 Å². The maximum absolute atomic E-state index is 11.4. The first-order valence-electron chi connectivity index (χ1n) is 6.62. The van der Waals surface area contributed by atoms with Crippen molar-refractivity contribution in [1.82, 2.24) is 0 Å². The van der Waals surface area contributed by atoms with Gasteiger partial charge in [-0.2, -0.15) is 0 Å². The zero-order valence-corrected chi connectivity index (χ0v) is 12.7. The van der Waals surface area contributed by atoms with E-state index in [9.17, 15) is 24.0 Å². The number of hydrogen-bond donors (Lipinski definition) is 0. The van der Waals surface area contributed by atoms with Gasteiger partial charge in [0.15, 0.2) is 0 Å². The van der Waals surface area contributed by atoms with Crippen molar-refractivity contribution in [1.29, 1.82) is 0 Å². The molecule has 0 N–H and O–H groups in total. The molecule has 0 aromatic heterocycles. The maximum atomic E-state index is 11.4. The molecule has 0 aromatic carbocycles. The van der Waals surface area contributed by atoms with Crippen LogP contribution in [0.5, 0.6) is 0 Å². The lowest BCUT2D eigenvalue weighted by atomic mass is 10.2. The summed E-state index contributed by atoms with van der Waals surface area (Å²) in [5.74, 6) is -3.38. The topological polar surface area (TPSA) is 122 Å². The van der Waals surface area contributed by atoms with Crippen molar-refractivity contribution in [2.75, 3.05) is 26.4 Å². The predicted octanol–water partition coefficient (Wildman–Crippen LogP) is -0.286. The Hall–Kier alpha value is -2.71. The van der Waals surface area contributed by atoms with E-state index in [4.69, 9.17) is 0 Å². The quantitative estimate of drug-likeness (QED) is 0.119. The third-order valence-corrected chi connectivity index (χ3v) is 2.21. The van der Waals surface area contributed by atoms with Crippen molar-refractivity contribution in [3.8, 4) is 0 Å². The maximum Gasteiger partial charge on any atom is 0.374 e. The fraction of sp³-hybridized carbons (Fsp3) is 0.500. The predicted molar refractivity (Wildman–Crippen MR) is 73.9 cm³/mol. The minimum absolute atomic E-state index is 0.0892. The number of rotatable bonds is 12. The minimum Gasteiger partial charge on any atom is -0.464 e. The van der Waals surface area contributed by atoms with Crippen LogP contribution in [0.25, 0.3) is 0 Å². The molecule has 9 heteroatoms. The Bertz CT molecular complexity index is 467. The summed E-state index contributed by atoms with van der Waals surface area (Å²) in [6.45, 7) is 4.32. The average Bonchev–Trinajstić information content (AvgIpc) is 2.52. The first-order chi connectivity index (χ1) is 10.9. The fourth-order valence-corrected chi connectivity index (χ4v) is 1.11. The Morgan fingerprint density at radius 2 is 1.43 bits per heavy atom. The van der Waals surface area contributed by atoms with Crippen molar-refractivity contribution in [3.63, 3.8) is 0 Å². The van der Waals surface area contributed by atoms with E-state index in [1.807, 2.05) is 0 Å². The normalized spacial score (nSPS) is 9.43. The lowest BCUT2D eigenvalue weighted by Crippen LogP contribution is -2.22. The van der Waals surface area contributed by atoms with Gasteiger partial charge in [-0.05, 0) is 6.92 Å². The summed E-state index contributed by atoms with van der Waals surface area (Å²) < 4.78 is 18.2. The number of esters is 3. The van der Waals surface area contributed by atoms with Gasteiger partial charge in [0.2, 0.25) is 5.78 Å². The highest BCUT2D eigenvalue weighted by molar-refractivity contribution is 6.33. The molecule has 0 saturated carbocycles. The molecule has 0 aliphatic carbocycles. The number of Topliss-reactive ketones (excluding diaryl/α,β-unsaturated/α-hetero) is 1. The Balaban J connectivity index is 3.79. The molecule has 0 aliphatic heterocycles. The summed E-state index contributed by atoms with van der Waals surface area (Å²) in [7, 11) is 0. The second-order valence-electron chi connectivity index (χ2n) is 4.16. The molecule has 0 atom stereocenters. The molecule has 0 aliphatic rings. The van der Waals surface area contributed by atoms with Gasteiger partial charge in [0.05, 0.1) is 6.42 Å². The largest absolute Gasteiger partial charge is 0.464 e. The van der Waals surface area contributed by atoms with Crippen LogP contribution in [0.4, 0.5) is 0 Å². The van der Waals surface area contributed by atoms with Crippen molar-refractivity contribution in [2.45, 2.75) is 19.8 Å². The lowest BCUT2D eigenvalue weighted by molar-refractivity contribution is -0.157. The summed E-state index contributed by atoms with van der Waals surface area (Å²) >= 11 is 0. The molecule has 0 fully saturated rings. The molecule has 0 rings (SSSR count). The van der Waals surface area contributed by atoms with Crippen LogP contribution in [0.1, 0.15) is 19.8 Å². The molecular formula is C14H18O9. The number of ether oxygens (including phenoxy) is 4. The van der Waals surface area contributed by atoms with Crippen molar-refractivity contribution < 1.29 is 42.9 Å². The Labute approximate surface area is 132 Å². The van der Waals surface area contributed by atoms with Gasteiger partial charge in [-0.1, -0.05) is 6.58 Å². The zero-order valence-electron chi connectivity index (χ0n) is 12.7. The van der Waals surface area contributed by atoms with E-state index in [-0.39, 0.29) is 51.3 Å². The second kappa shape index (κ2) is 11.9. The van der Waals surface area contributed by atoms with Gasteiger partial charge in [0, 0.05) is 12.0 Å². The Morgan fingerprint density at radius 3 is 2.00 bits per heavy atom. The van der Waals surface area contributed by atoms with E-state index in [1.165, 1.54) is 6.92 Å². The molecule has 128 valence electrons. The van der Waals surface area contributed by atoms with E-state index >= 15 is 0 Å². The highest BCUT2D eigenvalue weighted by Gasteiger charge is 2.17. The summed E-state index contributed by atoms with van der Waals surface area (Å²) in [5.41, 5.74) is 0.199. The van der Waals surface area contributed by atoms with Crippen LogP contribution in [0.15, 0.2) is 12.2 Å². The summed E-state index contributed by atoms with van der Waals surface area (Å²) in [6.07, 6.45) is -0.683. The van der Waals surface area contributed by atoms with Crippen LogP contribution in [0.3, 0.4) is 0 Å². The van der Waals surface area contributed by atoms with Gasteiger partial charge in [-0.15, -0.1) is 0 Å². The minimum atomic E-state index is -1.13. The van der Waals surface area contributed by atoms with Crippen LogP contribution in [-0.4, -0.2) is 56.6 Å². The average molecular weight is 330 g/mol. The van der Waals surface area contributed by atoms with E-state index < -0.39 is 23.7 Å². The molecule has 0 aromatic rings. The van der Waals surface area contributed by atoms with Crippen molar-refractivity contribution in [2.24, 2.45) is 0 Å². The Morgan fingerprint density at radius 1 is 0.870 bits per heavy atom. The third-order valence-electron chi connectivity index (χ3n) is 2.21. The van der Waals surface area contributed by atoms with Crippen LogP contribution < -0.4 is 0 Å². The standard InChI is InChI=1S/C14H18O9/c1-10(2)13(18)22-7-8-23-14(19)11(16)3-4-12(17)21-6-5-20-9-15/h9H,1,3-8H2,2H3. The summed E-state index contributed by atoms with van der Waals surface area (Å²) in [6, 6.07) is 0. The van der Waals surface area contributed by atoms with Gasteiger partial charge < -0.3 is 18.9 Å². The molecule has 9 nitrogen and oxygen atoms in total. The highest BCUT2D eigenvalue weighted by Crippen LogP contribution is 1.97. The fourth-order valence-electron chi connectivity index (χ4n) is 1.11. The van der Waals surface area contributed by atoms with E-state index in [0.717, 1.165) is 0 Å². The molecule has 0 bridgehead atoms. The van der Waals surface area contributed by atoms with Crippen LogP contribution >= 0.6 is 0 Å². The molecule has 0 spiro atoms. The molecule has 0 unspecified atom stereocenters. The smallest absolute Gasteiger partial charge is 0.374 e. The number of carbonyl (C=O) groups excluding carboxylic acids is 5. The van der Waals surface area contributed by atoms with Gasteiger partial charge in [0.25, 0.3) is 6.47 Å². The van der Waals surface area contributed by atoms with Crippen LogP contribution in [-0.2, 0) is 42.9 Å². The number of carbonyl (C=O) groups is 5. The highest BCUT2D eigenvalue weighted by atomic mass is 16.6. The molecule has 0 saturated heterocycles. The third kappa shape index (κ3) is 10.6. The van der Waals surface area contributed by atoms with Crippen LogP contribution in [0, 0.1) is 0 Å². The van der Waals surface area contributed by atoms with E-state index in [2.05, 4.69) is 25.5 Å². The molecule has 23 heavy (non-hydrogen) atoms. The SMILES string of the molecule is C=C(C)C(=O)OCCOC(=O)C(=O)CCC(=O)OCCOC=O. The summed E-state index contributed by atoms with van der Waals surface area (Å²) in [5, 5.41) is 0. The first-order valence-corrected chi connectivity index (χ1v) is 6.62. The number of ketones is 1. The van der Waals surface area contributed by atoms with E-state index in [1.54, 1.807) is 0 Å². The lowest BCUT2D eigenvalue weighted by Gasteiger charge is -2.06. The molecular weight excluding hydrogens is 312 g/mol. The van der Waals surface area contributed by atoms with Crippen molar-refractivity contribution >= 4 is 30.2 Å².